The van der Waals surface area contributed by atoms with E-state index in [-0.39, 0.29) is 12.6 Å². The summed E-state index contributed by atoms with van der Waals surface area (Å²) >= 11 is 0. The van der Waals surface area contributed by atoms with Crippen molar-refractivity contribution in [3.8, 4) is 0 Å². The van der Waals surface area contributed by atoms with Gasteiger partial charge in [0.1, 0.15) is 6.10 Å². The SMILES string of the molecule is Cn1nnc(C2CN(CCn3cnc4ccccc43)CCO2)n1.O=CO. The van der Waals surface area contributed by atoms with Crippen LogP contribution < -0.4 is 0 Å². The molecule has 0 amide bonds. The minimum atomic E-state index is -0.250. The largest absolute Gasteiger partial charge is 0.483 e. The number of para-hydroxylation sites is 2. The van der Waals surface area contributed by atoms with Crippen LogP contribution in [0, 0.1) is 0 Å². The predicted octanol–water partition coefficient (Wildman–Crippen LogP) is 0.334. The molecule has 1 aliphatic heterocycles. The third-order valence-electron chi connectivity index (χ3n) is 4.15. The number of hydrogen-bond donors (Lipinski definition) is 1. The Bertz CT molecular complexity index is 847. The first-order valence-electron chi connectivity index (χ1n) is 8.27. The maximum atomic E-state index is 8.36. The lowest BCUT2D eigenvalue weighted by Crippen LogP contribution is -2.40. The van der Waals surface area contributed by atoms with Crippen LogP contribution in [-0.2, 0) is 23.1 Å². The highest BCUT2D eigenvalue weighted by Gasteiger charge is 2.25. The summed E-state index contributed by atoms with van der Waals surface area (Å²) in [4.78, 5) is 16.6. The topological polar surface area (TPSA) is 111 Å². The molecule has 0 aliphatic carbocycles. The van der Waals surface area contributed by atoms with E-state index in [1.807, 2.05) is 24.5 Å². The second kappa shape index (κ2) is 8.50. The van der Waals surface area contributed by atoms with E-state index < -0.39 is 0 Å². The number of carboxylic acid groups (broad SMARTS) is 1. The molecule has 0 bridgehead atoms. The Morgan fingerprint density at radius 3 is 2.92 bits per heavy atom. The molecule has 26 heavy (non-hydrogen) atoms. The van der Waals surface area contributed by atoms with Gasteiger partial charge in [-0.15, -0.1) is 10.2 Å². The van der Waals surface area contributed by atoms with E-state index in [0.717, 1.165) is 31.7 Å². The molecule has 10 heteroatoms. The van der Waals surface area contributed by atoms with Crippen molar-refractivity contribution in [2.75, 3.05) is 26.2 Å². The maximum absolute atomic E-state index is 8.36. The average molecular weight is 359 g/mol. The van der Waals surface area contributed by atoms with Crippen molar-refractivity contribution in [3.05, 3.63) is 36.4 Å². The first kappa shape index (κ1) is 18.0. The van der Waals surface area contributed by atoms with Crippen LogP contribution in [0.1, 0.15) is 11.9 Å². The van der Waals surface area contributed by atoms with Crippen LogP contribution >= 0.6 is 0 Å². The summed E-state index contributed by atoms with van der Waals surface area (Å²) in [6.07, 6.45) is 1.81. The zero-order valence-corrected chi connectivity index (χ0v) is 14.5. The maximum Gasteiger partial charge on any atom is 0.290 e. The van der Waals surface area contributed by atoms with Gasteiger partial charge in [-0.1, -0.05) is 12.1 Å². The average Bonchev–Trinajstić information content (AvgIpc) is 3.27. The molecule has 0 saturated carbocycles. The molecule has 1 saturated heterocycles. The summed E-state index contributed by atoms with van der Waals surface area (Å²) in [5, 5.41) is 19.1. The third kappa shape index (κ3) is 4.21. The van der Waals surface area contributed by atoms with Crippen molar-refractivity contribution in [2.45, 2.75) is 12.6 Å². The summed E-state index contributed by atoms with van der Waals surface area (Å²) in [5.74, 6) is 0.658. The number of carbonyl (C=O) groups is 1. The fourth-order valence-corrected chi connectivity index (χ4v) is 2.93. The smallest absolute Gasteiger partial charge is 0.290 e. The van der Waals surface area contributed by atoms with E-state index in [0.29, 0.717) is 12.4 Å². The summed E-state index contributed by atoms with van der Waals surface area (Å²) in [5.41, 5.74) is 2.21. The monoisotopic (exact) mass is 359 g/mol. The Hall–Kier alpha value is -2.85. The number of aromatic nitrogens is 6. The molecule has 3 aromatic rings. The molecule has 2 aromatic heterocycles. The first-order chi connectivity index (χ1) is 12.7. The van der Waals surface area contributed by atoms with Crippen LogP contribution in [0.4, 0.5) is 0 Å². The van der Waals surface area contributed by atoms with Gasteiger partial charge in [-0.05, 0) is 17.3 Å². The van der Waals surface area contributed by atoms with E-state index >= 15 is 0 Å². The Kier molecular flexibility index (Phi) is 5.87. The number of morpholine rings is 1. The number of fused-ring (bicyclic) bond motifs is 1. The summed E-state index contributed by atoms with van der Waals surface area (Å²) in [7, 11) is 1.77. The molecule has 1 unspecified atom stereocenters. The van der Waals surface area contributed by atoms with Crippen molar-refractivity contribution >= 4 is 17.5 Å². The molecule has 3 heterocycles. The molecule has 1 aliphatic rings. The lowest BCUT2D eigenvalue weighted by atomic mass is 10.2. The molecule has 138 valence electrons. The highest BCUT2D eigenvalue weighted by Crippen LogP contribution is 2.18. The van der Waals surface area contributed by atoms with Crippen LogP contribution in [-0.4, -0.2) is 72.5 Å². The van der Waals surface area contributed by atoms with Gasteiger partial charge in [0, 0.05) is 26.2 Å². The Morgan fingerprint density at radius 1 is 1.35 bits per heavy atom. The number of aryl methyl sites for hydroxylation is 1. The van der Waals surface area contributed by atoms with Gasteiger partial charge in [0.15, 0.2) is 0 Å². The molecule has 0 radical (unpaired) electrons. The predicted molar refractivity (Wildman–Crippen MR) is 92.4 cm³/mol. The van der Waals surface area contributed by atoms with Gasteiger partial charge in [0.05, 0.1) is 31.0 Å². The summed E-state index contributed by atoms with van der Waals surface area (Å²) < 4.78 is 7.97. The highest BCUT2D eigenvalue weighted by atomic mass is 16.5. The van der Waals surface area contributed by atoms with Crippen LogP contribution in [0.2, 0.25) is 0 Å². The van der Waals surface area contributed by atoms with Crippen molar-refractivity contribution in [1.29, 1.82) is 0 Å². The van der Waals surface area contributed by atoms with Crippen LogP contribution in [0.15, 0.2) is 30.6 Å². The Morgan fingerprint density at radius 2 is 2.15 bits per heavy atom. The lowest BCUT2D eigenvalue weighted by Gasteiger charge is -2.31. The molecule has 1 fully saturated rings. The third-order valence-corrected chi connectivity index (χ3v) is 4.15. The van der Waals surface area contributed by atoms with Gasteiger partial charge in [0.2, 0.25) is 5.82 Å². The van der Waals surface area contributed by atoms with Gasteiger partial charge in [-0.25, -0.2) is 4.98 Å². The van der Waals surface area contributed by atoms with E-state index in [2.05, 4.69) is 35.9 Å². The van der Waals surface area contributed by atoms with E-state index in [1.54, 1.807) is 7.05 Å². The van der Waals surface area contributed by atoms with Gasteiger partial charge in [0.25, 0.3) is 6.47 Å². The number of ether oxygens (including phenoxy) is 1. The molecular weight excluding hydrogens is 338 g/mol. The normalized spacial score (nSPS) is 17.7. The minimum Gasteiger partial charge on any atom is -0.483 e. The number of tetrazole rings is 1. The van der Waals surface area contributed by atoms with Gasteiger partial charge in [-0.3, -0.25) is 9.69 Å². The number of benzene rings is 1. The van der Waals surface area contributed by atoms with Crippen molar-refractivity contribution < 1.29 is 14.6 Å². The number of rotatable bonds is 4. The minimum absolute atomic E-state index is 0.100. The van der Waals surface area contributed by atoms with Crippen molar-refractivity contribution in [2.24, 2.45) is 7.05 Å². The van der Waals surface area contributed by atoms with Gasteiger partial charge >= 0.3 is 0 Å². The number of hydrogen-bond acceptors (Lipinski definition) is 7. The van der Waals surface area contributed by atoms with Crippen LogP contribution in [0.5, 0.6) is 0 Å². The molecule has 1 atom stereocenters. The Labute approximate surface area is 150 Å². The molecule has 1 aromatic carbocycles. The lowest BCUT2D eigenvalue weighted by molar-refractivity contribution is -0.122. The summed E-state index contributed by atoms with van der Waals surface area (Å²) in [6, 6.07) is 8.20. The second-order valence-electron chi connectivity index (χ2n) is 5.83. The molecule has 0 spiro atoms. The molecule has 10 nitrogen and oxygen atoms in total. The number of nitrogens with zero attached hydrogens (tertiary/aromatic N) is 7. The zero-order valence-electron chi connectivity index (χ0n) is 14.5. The highest BCUT2D eigenvalue weighted by molar-refractivity contribution is 5.74. The van der Waals surface area contributed by atoms with E-state index in [4.69, 9.17) is 14.6 Å². The fraction of sp³-hybridized carbons (Fsp3) is 0.438. The quantitative estimate of drug-likeness (QED) is 0.664. The van der Waals surface area contributed by atoms with E-state index in [9.17, 15) is 0 Å². The van der Waals surface area contributed by atoms with Gasteiger partial charge in [-0.2, -0.15) is 4.80 Å². The van der Waals surface area contributed by atoms with Crippen molar-refractivity contribution in [1.82, 2.24) is 34.7 Å². The molecular formula is C16H21N7O3. The van der Waals surface area contributed by atoms with Crippen LogP contribution in [0.25, 0.3) is 11.0 Å². The molecule has 1 N–H and O–H groups in total. The zero-order chi connectivity index (χ0) is 18.4. The second-order valence-corrected chi connectivity index (χ2v) is 5.83. The first-order valence-corrected chi connectivity index (χ1v) is 8.27. The summed E-state index contributed by atoms with van der Waals surface area (Å²) in [6.45, 7) is 4.00. The van der Waals surface area contributed by atoms with Crippen molar-refractivity contribution in [3.63, 3.8) is 0 Å². The van der Waals surface area contributed by atoms with E-state index in [1.165, 1.54) is 10.3 Å². The van der Waals surface area contributed by atoms with Crippen LogP contribution in [0.3, 0.4) is 0 Å². The molecule has 4 rings (SSSR count). The standard InChI is InChI=1S/C15H19N7O.CH2O2/c1-20-18-15(17-19-20)14-10-21(8-9-23-14)6-7-22-11-16-12-4-2-3-5-13(12)22;2-1-3/h2-5,11,14H,6-10H2,1H3;1H,(H,2,3). The van der Waals surface area contributed by atoms with Gasteiger partial charge < -0.3 is 14.4 Å². The fourth-order valence-electron chi connectivity index (χ4n) is 2.93. The Balaban J connectivity index is 0.000000613. The number of imidazole rings is 1.